The molecule has 2 N–H and O–H groups in total. The van der Waals surface area contributed by atoms with E-state index < -0.39 is 5.24 Å². The molecule has 4 heterocycles. The first-order valence-electron chi connectivity index (χ1n) is 13.3. The number of fused-ring (bicyclic) bond motifs is 2. The lowest BCUT2D eigenvalue weighted by atomic mass is 9.49. The van der Waals surface area contributed by atoms with Crippen molar-refractivity contribution in [2.24, 2.45) is 5.41 Å². The van der Waals surface area contributed by atoms with Crippen LogP contribution in [-0.4, -0.2) is 64.9 Å². The third-order valence-corrected chi connectivity index (χ3v) is 8.17. The molecule has 0 saturated heterocycles. The molecule has 1 aliphatic rings. The van der Waals surface area contributed by atoms with Crippen LogP contribution in [0.1, 0.15) is 48.8 Å². The highest BCUT2D eigenvalue weighted by Gasteiger charge is 2.43. The fourth-order valence-electron chi connectivity index (χ4n) is 5.77. The molecule has 0 spiro atoms. The first-order chi connectivity index (χ1) is 19.2. The Morgan fingerprint density at radius 1 is 1.15 bits per heavy atom. The zero-order valence-electron chi connectivity index (χ0n) is 22.2. The van der Waals surface area contributed by atoms with Crippen molar-refractivity contribution < 1.29 is 4.79 Å². The van der Waals surface area contributed by atoms with Gasteiger partial charge in [0.1, 0.15) is 11.3 Å². The lowest BCUT2D eigenvalue weighted by Gasteiger charge is -2.48. The number of carbonyl (C=O) groups is 1. The summed E-state index contributed by atoms with van der Waals surface area (Å²) >= 11 is 0. The van der Waals surface area contributed by atoms with Crippen molar-refractivity contribution in [1.29, 1.82) is 0 Å². The molecule has 5 aromatic rings. The van der Waals surface area contributed by atoms with Crippen molar-refractivity contribution in [2.75, 3.05) is 0 Å². The average Bonchev–Trinajstić information content (AvgIpc) is 3.58. The molecular formula is C28H26B3N7O2. The van der Waals surface area contributed by atoms with E-state index in [1.165, 1.54) is 4.68 Å². The van der Waals surface area contributed by atoms with Crippen LogP contribution in [-0.2, 0) is 11.7 Å². The van der Waals surface area contributed by atoms with Crippen LogP contribution in [0.4, 0.5) is 0 Å². The van der Waals surface area contributed by atoms with Gasteiger partial charge < -0.3 is 5.32 Å². The Bertz CT molecular complexity index is 1780. The highest BCUT2D eigenvalue weighted by atomic mass is 16.2. The van der Waals surface area contributed by atoms with Gasteiger partial charge in [0.15, 0.2) is 0 Å². The van der Waals surface area contributed by atoms with Crippen LogP contribution in [0.15, 0.2) is 66.0 Å². The third kappa shape index (κ3) is 4.76. The van der Waals surface area contributed by atoms with Crippen LogP contribution in [0.2, 0.25) is 0 Å². The van der Waals surface area contributed by atoms with Gasteiger partial charge in [-0.3, -0.25) is 18.7 Å². The highest BCUT2D eigenvalue weighted by molar-refractivity contribution is 6.56. The van der Waals surface area contributed by atoms with Crippen LogP contribution >= 0.6 is 0 Å². The van der Waals surface area contributed by atoms with E-state index in [1.807, 2.05) is 42.6 Å². The number of pyridine rings is 1. The Morgan fingerprint density at radius 2 is 1.93 bits per heavy atom. The number of nitrogens with one attached hydrogen (secondary N) is 2. The van der Waals surface area contributed by atoms with Gasteiger partial charge in [-0.25, -0.2) is 10.1 Å². The molecule has 1 aliphatic carbocycles. The van der Waals surface area contributed by atoms with Gasteiger partial charge >= 0.3 is 0 Å². The Kier molecular flexibility index (Phi) is 6.43. The number of carbonyl (C=O) groups excluding carboxylic acids is 1. The zero-order chi connectivity index (χ0) is 28.1. The summed E-state index contributed by atoms with van der Waals surface area (Å²) in [5.41, 5.74) is 3.59. The SMILES string of the molecule is [B]C([B])([B])n1cc(-c2ccn3c(C(=O)NC4CC(CC)(CCc5n[nH]c(=O)c6ccccc56)C4)cnc3c2)cn1. The van der Waals surface area contributed by atoms with Crippen molar-refractivity contribution in [3.05, 3.63) is 82.9 Å². The van der Waals surface area contributed by atoms with Crippen molar-refractivity contribution in [1.82, 2.24) is 34.7 Å². The number of imidazole rings is 1. The number of amides is 1. The maximum absolute atomic E-state index is 13.2. The van der Waals surface area contributed by atoms with E-state index in [4.69, 9.17) is 23.5 Å². The predicted octanol–water partition coefficient (Wildman–Crippen LogP) is 2.43. The van der Waals surface area contributed by atoms with Gasteiger partial charge in [0, 0.05) is 29.4 Å². The average molecular weight is 525 g/mol. The van der Waals surface area contributed by atoms with Gasteiger partial charge in [-0.15, -0.1) is 0 Å². The summed E-state index contributed by atoms with van der Waals surface area (Å²) in [7, 11) is 17.1. The fraction of sp³-hybridized carbons (Fsp3) is 0.321. The molecule has 1 saturated carbocycles. The largest absolute Gasteiger partial charge is 0.348 e. The summed E-state index contributed by atoms with van der Waals surface area (Å²) < 4.78 is 3.05. The Hall–Kier alpha value is -4.08. The monoisotopic (exact) mass is 525 g/mol. The molecule has 6 radical (unpaired) electrons. The van der Waals surface area contributed by atoms with E-state index in [-0.39, 0.29) is 22.9 Å². The van der Waals surface area contributed by atoms with Gasteiger partial charge in [0.25, 0.3) is 11.5 Å². The van der Waals surface area contributed by atoms with Gasteiger partial charge in [-0.2, -0.15) is 10.2 Å². The first kappa shape index (κ1) is 26.2. The maximum atomic E-state index is 13.2. The van der Waals surface area contributed by atoms with E-state index in [0.717, 1.165) is 54.3 Å². The predicted molar refractivity (Wildman–Crippen MR) is 156 cm³/mol. The first-order valence-corrected chi connectivity index (χ1v) is 13.3. The topological polar surface area (TPSA) is 110 Å². The Labute approximate surface area is 235 Å². The normalized spacial score (nSPS) is 19.1. The Morgan fingerprint density at radius 3 is 2.65 bits per heavy atom. The summed E-state index contributed by atoms with van der Waals surface area (Å²) in [6.07, 6.45) is 11.2. The molecule has 194 valence electrons. The molecule has 4 aromatic heterocycles. The van der Waals surface area contributed by atoms with Crippen molar-refractivity contribution in [3.63, 3.8) is 0 Å². The molecule has 1 fully saturated rings. The van der Waals surface area contributed by atoms with Crippen LogP contribution in [0.25, 0.3) is 27.5 Å². The van der Waals surface area contributed by atoms with E-state index in [0.29, 0.717) is 16.7 Å². The lowest BCUT2D eigenvalue weighted by Crippen LogP contribution is -2.51. The van der Waals surface area contributed by atoms with Gasteiger partial charge in [-0.05, 0) is 60.1 Å². The smallest absolute Gasteiger partial charge is 0.272 e. The van der Waals surface area contributed by atoms with E-state index in [2.05, 4.69) is 32.5 Å². The lowest BCUT2D eigenvalue weighted by molar-refractivity contribution is 0.0568. The molecule has 1 aromatic carbocycles. The minimum atomic E-state index is -1.59. The molecule has 40 heavy (non-hydrogen) atoms. The number of aromatic amines is 1. The second kappa shape index (κ2) is 9.84. The molecule has 0 bridgehead atoms. The molecule has 0 unspecified atom stereocenters. The van der Waals surface area contributed by atoms with Crippen molar-refractivity contribution in [3.8, 4) is 11.1 Å². The van der Waals surface area contributed by atoms with Crippen LogP contribution < -0.4 is 10.9 Å². The molecule has 0 aliphatic heterocycles. The van der Waals surface area contributed by atoms with Gasteiger partial charge in [0.2, 0.25) is 0 Å². The maximum Gasteiger partial charge on any atom is 0.272 e. The molecule has 1 amide bonds. The standard InChI is InChI=1S/C28H26B3N7O2/c1-2-27(9-7-22-20-5-3-4-6-21(20)25(39)36-35-22)12-19(13-27)34-26(40)23-15-32-24-11-17(8-10-37(23)24)18-14-33-38(16-18)28(29,30)31/h3-6,8,10-11,14-16,19H,2,7,9,12-13H2,1H3,(H,34,40)(H,36,39). The van der Waals surface area contributed by atoms with Crippen molar-refractivity contribution >= 4 is 45.9 Å². The zero-order valence-corrected chi connectivity index (χ0v) is 22.2. The minimum Gasteiger partial charge on any atom is -0.348 e. The summed E-state index contributed by atoms with van der Waals surface area (Å²) in [5.74, 6) is -0.157. The molecule has 6 rings (SSSR count). The number of rotatable bonds is 8. The van der Waals surface area contributed by atoms with E-state index >= 15 is 0 Å². The summed E-state index contributed by atoms with van der Waals surface area (Å²) in [6.45, 7) is 2.19. The third-order valence-electron chi connectivity index (χ3n) is 8.17. The number of H-pyrrole nitrogens is 1. The molecular weight excluding hydrogens is 499 g/mol. The molecule has 9 nitrogen and oxygen atoms in total. The summed E-state index contributed by atoms with van der Waals surface area (Å²) in [5, 5.41) is 14.2. The van der Waals surface area contributed by atoms with Gasteiger partial charge in [-0.1, -0.05) is 31.5 Å². The summed E-state index contributed by atoms with van der Waals surface area (Å²) in [4.78, 5) is 29.7. The minimum absolute atomic E-state index is 0.0902. The van der Waals surface area contributed by atoms with Gasteiger partial charge in [0.05, 0.1) is 47.0 Å². The second-order valence-electron chi connectivity index (χ2n) is 10.8. The van der Waals surface area contributed by atoms with Crippen LogP contribution in [0, 0.1) is 5.41 Å². The van der Waals surface area contributed by atoms with E-state index in [9.17, 15) is 9.59 Å². The second-order valence-corrected chi connectivity index (χ2v) is 10.8. The number of aromatic nitrogens is 6. The number of nitrogens with zero attached hydrogens (tertiary/aromatic N) is 5. The summed E-state index contributed by atoms with van der Waals surface area (Å²) in [6, 6.07) is 11.4. The number of hydrogen-bond acceptors (Lipinski definition) is 5. The number of benzene rings is 1. The highest BCUT2D eigenvalue weighted by Crippen LogP contribution is 2.47. The fourth-order valence-corrected chi connectivity index (χ4v) is 5.77. The Balaban J connectivity index is 1.11. The van der Waals surface area contributed by atoms with E-state index in [1.54, 1.807) is 23.0 Å². The van der Waals surface area contributed by atoms with Crippen LogP contribution in [0.3, 0.4) is 0 Å². The number of hydrogen-bond donors (Lipinski definition) is 2. The van der Waals surface area contributed by atoms with Crippen LogP contribution in [0.5, 0.6) is 0 Å². The van der Waals surface area contributed by atoms with Crippen molar-refractivity contribution in [2.45, 2.75) is 50.3 Å². The molecule has 0 atom stereocenters. The molecule has 12 heteroatoms. The quantitative estimate of drug-likeness (QED) is 0.303. The number of aryl methyl sites for hydroxylation is 1.